The van der Waals surface area contributed by atoms with Crippen LogP contribution in [0.25, 0.3) is 0 Å². The number of aromatic nitrogens is 4. The van der Waals surface area contributed by atoms with Crippen molar-refractivity contribution in [2.75, 3.05) is 11.4 Å². The molecule has 0 aliphatic carbocycles. The second-order valence-corrected chi connectivity index (χ2v) is 9.05. The summed E-state index contributed by atoms with van der Waals surface area (Å²) in [4.78, 5) is 63.6. The van der Waals surface area contributed by atoms with Gasteiger partial charge < -0.3 is 21.1 Å². The van der Waals surface area contributed by atoms with Gasteiger partial charge in [-0.1, -0.05) is 43.7 Å². The van der Waals surface area contributed by atoms with Crippen molar-refractivity contribution in [2.24, 2.45) is 5.92 Å². The Balaban J connectivity index is 1.64. The minimum absolute atomic E-state index is 0.0311. The van der Waals surface area contributed by atoms with Crippen molar-refractivity contribution < 1.29 is 29.1 Å². The van der Waals surface area contributed by atoms with E-state index in [1.54, 1.807) is 19.1 Å². The van der Waals surface area contributed by atoms with Crippen LogP contribution in [0.2, 0.25) is 0 Å². The van der Waals surface area contributed by atoms with Crippen LogP contribution in [0.15, 0.2) is 24.3 Å². The second kappa shape index (κ2) is 13.3. The van der Waals surface area contributed by atoms with Gasteiger partial charge in [-0.3, -0.25) is 28.9 Å². The summed E-state index contributed by atoms with van der Waals surface area (Å²) in [7, 11) is 0. The molecule has 2 aromatic rings. The third-order valence-corrected chi connectivity index (χ3v) is 6.38. The van der Waals surface area contributed by atoms with Crippen molar-refractivity contribution in [3.8, 4) is 0 Å². The lowest BCUT2D eigenvalue weighted by atomic mass is 9.98. The highest BCUT2D eigenvalue weighted by atomic mass is 16.4. The number of tetrazole rings is 1. The third-order valence-electron chi connectivity index (χ3n) is 6.38. The van der Waals surface area contributed by atoms with Crippen LogP contribution in [0.3, 0.4) is 0 Å². The number of nitrogens with one attached hydrogen (secondary N) is 4. The van der Waals surface area contributed by atoms with Crippen LogP contribution < -0.4 is 20.9 Å². The van der Waals surface area contributed by atoms with Crippen molar-refractivity contribution >= 4 is 35.3 Å². The molecule has 1 aliphatic rings. The molecule has 4 amide bonds. The zero-order valence-electron chi connectivity index (χ0n) is 21.3. The highest BCUT2D eigenvalue weighted by Crippen LogP contribution is 2.32. The van der Waals surface area contributed by atoms with Gasteiger partial charge in [0.15, 0.2) is 5.82 Å². The fraction of sp³-hybridized carbons (Fsp3) is 0.500. The lowest BCUT2D eigenvalue weighted by Gasteiger charge is -2.26. The number of carboxylic acids is 1. The number of para-hydroxylation sites is 1. The summed E-state index contributed by atoms with van der Waals surface area (Å²) in [6, 6.07) is 5.42. The molecule has 204 valence electrons. The van der Waals surface area contributed by atoms with Crippen molar-refractivity contribution in [2.45, 2.75) is 64.6 Å². The summed E-state index contributed by atoms with van der Waals surface area (Å²) in [5, 5.41) is 30.0. The number of rotatable bonds is 13. The van der Waals surface area contributed by atoms with Crippen LogP contribution >= 0.6 is 0 Å². The van der Waals surface area contributed by atoms with E-state index in [2.05, 4.69) is 36.6 Å². The molecule has 1 aromatic carbocycles. The number of aromatic amines is 1. The number of H-pyrrole nitrogens is 1. The number of fused-ring (bicyclic) bond motifs is 1. The molecule has 0 bridgehead atoms. The van der Waals surface area contributed by atoms with E-state index in [1.807, 2.05) is 19.1 Å². The molecule has 38 heavy (non-hydrogen) atoms. The van der Waals surface area contributed by atoms with Gasteiger partial charge in [-0.15, -0.1) is 10.2 Å². The molecule has 0 radical (unpaired) electrons. The number of anilines is 1. The lowest BCUT2D eigenvalue weighted by Crippen LogP contribution is -2.54. The predicted molar refractivity (Wildman–Crippen MR) is 133 cm³/mol. The smallest absolute Gasteiger partial charge is 0.303 e. The number of aliphatic carboxylic acids is 1. The molecule has 1 aromatic heterocycles. The van der Waals surface area contributed by atoms with E-state index in [9.17, 15) is 24.0 Å². The maximum Gasteiger partial charge on any atom is 0.303 e. The van der Waals surface area contributed by atoms with Crippen molar-refractivity contribution in [3.05, 3.63) is 35.7 Å². The third kappa shape index (κ3) is 7.33. The van der Waals surface area contributed by atoms with E-state index in [0.717, 1.165) is 5.56 Å². The first-order valence-corrected chi connectivity index (χ1v) is 12.4. The average Bonchev–Trinajstić information content (AvgIpc) is 3.56. The number of nitrogens with zero attached hydrogens (tertiary/aromatic N) is 4. The van der Waals surface area contributed by atoms with Gasteiger partial charge in [0.2, 0.25) is 23.6 Å². The van der Waals surface area contributed by atoms with Crippen LogP contribution in [-0.2, 0) is 36.9 Å². The van der Waals surface area contributed by atoms with Crippen LogP contribution in [0.5, 0.6) is 0 Å². The first-order valence-electron chi connectivity index (χ1n) is 12.4. The van der Waals surface area contributed by atoms with Gasteiger partial charge in [0, 0.05) is 24.9 Å². The fourth-order valence-corrected chi connectivity index (χ4v) is 4.15. The summed E-state index contributed by atoms with van der Waals surface area (Å²) < 4.78 is 0. The first kappa shape index (κ1) is 28.2. The monoisotopic (exact) mass is 528 g/mol. The molecule has 0 spiro atoms. The van der Waals surface area contributed by atoms with Gasteiger partial charge in [0.05, 0.1) is 13.1 Å². The largest absolute Gasteiger partial charge is 0.481 e. The van der Waals surface area contributed by atoms with Crippen molar-refractivity contribution in [3.63, 3.8) is 0 Å². The van der Waals surface area contributed by atoms with E-state index >= 15 is 0 Å². The van der Waals surface area contributed by atoms with Crippen molar-refractivity contribution in [1.82, 2.24) is 36.6 Å². The van der Waals surface area contributed by atoms with E-state index < -0.39 is 41.7 Å². The lowest BCUT2D eigenvalue weighted by molar-refractivity contribution is -0.137. The van der Waals surface area contributed by atoms with E-state index in [-0.39, 0.29) is 38.3 Å². The van der Waals surface area contributed by atoms with Crippen LogP contribution in [0, 0.1) is 5.92 Å². The van der Waals surface area contributed by atoms with E-state index in [1.165, 1.54) is 4.90 Å². The van der Waals surface area contributed by atoms with Crippen LogP contribution in [0.1, 0.15) is 50.9 Å². The number of hydrogen-bond donors (Lipinski definition) is 5. The molecule has 1 aliphatic heterocycles. The predicted octanol–water partition coefficient (Wildman–Crippen LogP) is -0.324. The number of hydrogen-bond acceptors (Lipinski definition) is 8. The van der Waals surface area contributed by atoms with Gasteiger partial charge in [-0.25, -0.2) is 0 Å². The molecule has 14 nitrogen and oxygen atoms in total. The Labute approximate surface area is 218 Å². The van der Waals surface area contributed by atoms with Gasteiger partial charge in [0.25, 0.3) is 0 Å². The Morgan fingerprint density at radius 1 is 1.16 bits per heavy atom. The van der Waals surface area contributed by atoms with Gasteiger partial charge in [0.1, 0.15) is 12.1 Å². The molecule has 5 N–H and O–H groups in total. The molecule has 0 saturated heterocycles. The standard InChI is InChI=1S/C24H32N8O6/c1-3-14(2)22(27-19(33)9-6-10-21(35)36)24(38)26-13-20(34)32-16-8-5-4-7-15(16)11-17(32)23(37)25-12-18-28-30-31-29-18/h4-5,7-8,14,17,22H,3,6,9-13H2,1-2H3,(H,25,37)(H,26,38)(H,27,33)(H,35,36)(H,28,29,30,31)/t14?,17-,22?/m0/s1. The maximum atomic E-state index is 13.3. The Hall–Kier alpha value is -4.36. The highest BCUT2D eigenvalue weighted by molar-refractivity contribution is 6.05. The SMILES string of the molecule is CCC(C)C(NC(=O)CCCC(=O)O)C(=O)NCC(=O)N1c2ccccc2C[C@H]1C(=O)NCc1nn[nH]n1. The van der Waals surface area contributed by atoms with Crippen LogP contribution in [-0.4, -0.2) is 74.0 Å². The molecule has 0 saturated carbocycles. The van der Waals surface area contributed by atoms with Gasteiger partial charge in [-0.05, 0) is 24.0 Å². The zero-order valence-corrected chi connectivity index (χ0v) is 21.3. The summed E-state index contributed by atoms with van der Waals surface area (Å²) in [5.74, 6) is -2.81. The minimum Gasteiger partial charge on any atom is -0.481 e. The Morgan fingerprint density at radius 3 is 2.61 bits per heavy atom. The quantitative estimate of drug-likeness (QED) is 0.231. The zero-order chi connectivity index (χ0) is 27.7. The van der Waals surface area contributed by atoms with Crippen molar-refractivity contribution in [1.29, 1.82) is 0 Å². The number of carbonyl (C=O) groups is 5. The minimum atomic E-state index is -1.00. The summed E-state index contributed by atoms with van der Waals surface area (Å²) >= 11 is 0. The van der Waals surface area contributed by atoms with Gasteiger partial charge >= 0.3 is 5.97 Å². The maximum absolute atomic E-state index is 13.3. The number of carboxylic acid groups (broad SMARTS) is 1. The molecular formula is C24H32N8O6. The van der Waals surface area contributed by atoms with Gasteiger partial charge in [-0.2, -0.15) is 5.21 Å². The fourth-order valence-electron chi connectivity index (χ4n) is 4.15. The molecule has 0 fully saturated rings. The molecule has 14 heteroatoms. The number of amides is 4. The summed E-state index contributed by atoms with van der Waals surface area (Å²) in [5.41, 5.74) is 1.40. The normalized spacial score (nSPS) is 15.7. The van der Waals surface area contributed by atoms with E-state index in [0.29, 0.717) is 24.4 Å². The molecule has 2 unspecified atom stereocenters. The van der Waals surface area contributed by atoms with Crippen LogP contribution in [0.4, 0.5) is 5.69 Å². The molecule has 3 rings (SSSR count). The number of benzene rings is 1. The molecule has 3 atom stereocenters. The summed E-state index contributed by atoms with van der Waals surface area (Å²) in [6.07, 6.45) is 0.859. The Morgan fingerprint density at radius 2 is 1.92 bits per heavy atom. The topological polar surface area (TPSA) is 199 Å². The number of carbonyl (C=O) groups excluding carboxylic acids is 4. The Bertz CT molecular complexity index is 1150. The molecule has 2 heterocycles. The average molecular weight is 529 g/mol. The first-order chi connectivity index (χ1) is 18.2. The highest BCUT2D eigenvalue weighted by Gasteiger charge is 2.38. The van der Waals surface area contributed by atoms with E-state index in [4.69, 9.17) is 5.11 Å². The second-order valence-electron chi connectivity index (χ2n) is 9.05. The Kier molecular flexibility index (Phi) is 9.85. The summed E-state index contributed by atoms with van der Waals surface area (Å²) in [6.45, 7) is 3.31. The molecular weight excluding hydrogens is 496 g/mol.